The van der Waals surface area contributed by atoms with Crippen molar-refractivity contribution >= 4 is 17.7 Å². The van der Waals surface area contributed by atoms with Crippen molar-refractivity contribution in [2.24, 2.45) is 0 Å². The highest BCUT2D eigenvalue weighted by molar-refractivity contribution is 7.98. The van der Waals surface area contributed by atoms with Crippen LogP contribution in [0.5, 0.6) is 5.75 Å². The topological polar surface area (TPSA) is 41.6 Å². The normalized spacial score (nSPS) is 13.8. The van der Waals surface area contributed by atoms with Gasteiger partial charge in [0.2, 0.25) is 0 Å². The largest absolute Gasteiger partial charge is 0.483 e. The Morgan fingerprint density at radius 1 is 1.08 bits per heavy atom. The first kappa shape index (κ1) is 18.8. The smallest absolute Gasteiger partial charge is 0.260 e. The van der Waals surface area contributed by atoms with Gasteiger partial charge in [-0.15, -0.1) is 11.8 Å². The van der Waals surface area contributed by atoms with Crippen LogP contribution in [0.4, 0.5) is 0 Å². The van der Waals surface area contributed by atoms with Crippen molar-refractivity contribution in [2.45, 2.75) is 30.8 Å². The summed E-state index contributed by atoms with van der Waals surface area (Å²) in [7, 11) is 0. The molecule has 1 aliphatic rings. The van der Waals surface area contributed by atoms with Gasteiger partial charge in [0.05, 0.1) is 0 Å². The average Bonchev–Trinajstić information content (AvgIpc) is 3.22. The molecule has 1 fully saturated rings. The van der Waals surface area contributed by atoms with Crippen molar-refractivity contribution in [1.29, 1.82) is 0 Å². The minimum absolute atomic E-state index is 0.0825. The fourth-order valence-corrected chi connectivity index (χ4v) is 3.48. The summed E-state index contributed by atoms with van der Waals surface area (Å²) in [6.45, 7) is 3.35. The molecule has 0 unspecified atom stereocenters. The summed E-state index contributed by atoms with van der Waals surface area (Å²) in [5.74, 6) is 0.865. The predicted octanol–water partition coefficient (Wildman–Crippen LogP) is 3.70. The van der Waals surface area contributed by atoms with Crippen molar-refractivity contribution in [3.63, 3.8) is 0 Å². The number of hydrogen-bond acceptors (Lipinski definition) is 4. The van der Waals surface area contributed by atoms with Crippen LogP contribution in [-0.4, -0.2) is 36.8 Å². The molecule has 0 radical (unpaired) electrons. The second-order valence-electron chi connectivity index (χ2n) is 6.44. The first-order valence-electron chi connectivity index (χ1n) is 9.08. The first-order valence-corrected chi connectivity index (χ1v) is 10.3. The maximum atomic E-state index is 12.2. The lowest BCUT2D eigenvalue weighted by Crippen LogP contribution is -2.32. The standard InChI is InChI=1S/C21H26N2O2S/c1-26-19-10-8-17(9-11-19)14-22-15-18-6-2-3-7-20(18)25-16-21(24)23-12-4-5-13-23/h2-3,6-11,22H,4-5,12-16H2,1H3. The van der Waals surface area contributed by atoms with E-state index in [2.05, 4.69) is 35.8 Å². The number of nitrogens with zero attached hydrogens (tertiary/aromatic N) is 1. The minimum Gasteiger partial charge on any atom is -0.483 e. The molecular formula is C21H26N2O2S. The summed E-state index contributed by atoms with van der Waals surface area (Å²) in [5.41, 5.74) is 2.33. The average molecular weight is 371 g/mol. The summed E-state index contributed by atoms with van der Waals surface area (Å²) in [6.07, 6.45) is 4.28. The van der Waals surface area contributed by atoms with Crippen molar-refractivity contribution in [1.82, 2.24) is 10.2 Å². The van der Waals surface area contributed by atoms with Gasteiger partial charge < -0.3 is 15.0 Å². The number of carbonyl (C=O) groups is 1. The molecule has 0 spiro atoms. The Balaban J connectivity index is 1.50. The number of carbonyl (C=O) groups excluding carboxylic acids is 1. The third kappa shape index (κ3) is 5.26. The van der Waals surface area contributed by atoms with E-state index in [-0.39, 0.29) is 12.5 Å². The van der Waals surface area contributed by atoms with E-state index in [1.807, 2.05) is 29.2 Å². The van der Waals surface area contributed by atoms with Gasteiger partial charge in [-0.05, 0) is 42.9 Å². The highest BCUT2D eigenvalue weighted by Gasteiger charge is 2.18. The summed E-state index contributed by atoms with van der Waals surface area (Å²) in [5, 5.41) is 3.46. The van der Waals surface area contributed by atoms with Gasteiger partial charge in [0.25, 0.3) is 5.91 Å². The van der Waals surface area contributed by atoms with Gasteiger partial charge in [-0.1, -0.05) is 30.3 Å². The van der Waals surface area contributed by atoms with Crippen LogP contribution in [0.3, 0.4) is 0 Å². The maximum Gasteiger partial charge on any atom is 0.260 e. The van der Waals surface area contributed by atoms with Crippen molar-refractivity contribution in [3.05, 3.63) is 59.7 Å². The molecule has 0 aromatic heterocycles. The second-order valence-corrected chi connectivity index (χ2v) is 7.32. The number of hydrogen-bond donors (Lipinski definition) is 1. The summed E-state index contributed by atoms with van der Waals surface area (Å²) in [4.78, 5) is 15.3. The predicted molar refractivity (Wildman–Crippen MR) is 107 cm³/mol. The minimum atomic E-state index is 0.0825. The molecule has 1 N–H and O–H groups in total. The van der Waals surface area contributed by atoms with E-state index in [1.54, 1.807) is 11.8 Å². The number of nitrogens with one attached hydrogen (secondary N) is 1. The third-order valence-electron chi connectivity index (χ3n) is 4.59. The molecule has 1 aliphatic heterocycles. The molecule has 0 atom stereocenters. The number of rotatable bonds is 8. The lowest BCUT2D eigenvalue weighted by atomic mass is 10.2. The van der Waals surface area contributed by atoms with Crippen LogP contribution in [0.15, 0.2) is 53.4 Å². The zero-order valence-corrected chi connectivity index (χ0v) is 16.1. The third-order valence-corrected chi connectivity index (χ3v) is 5.33. The quantitative estimate of drug-likeness (QED) is 0.720. The van der Waals surface area contributed by atoms with Crippen LogP contribution in [0.2, 0.25) is 0 Å². The summed E-state index contributed by atoms with van der Waals surface area (Å²) >= 11 is 1.75. The summed E-state index contributed by atoms with van der Waals surface area (Å²) < 4.78 is 5.81. The monoisotopic (exact) mass is 370 g/mol. The van der Waals surface area contributed by atoms with Gasteiger partial charge in [0, 0.05) is 36.6 Å². The highest BCUT2D eigenvalue weighted by Crippen LogP contribution is 2.19. The fourth-order valence-electron chi connectivity index (χ4n) is 3.07. The van der Waals surface area contributed by atoms with Gasteiger partial charge >= 0.3 is 0 Å². The zero-order valence-electron chi connectivity index (χ0n) is 15.2. The number of thioether (sulfide) groups is 1. The first-order chi connectivity index (χ1) is 12.8. The van der Waals surface area contributed by atoms with Crippen LogP contribution < -0.4 is 10.1 Å². The number of para-hydroxylation sites is 1. The number of ether oxygens (including phenoxy) is 1. The molecule has 3 rings (SSSR count). The van der Waals surface area contributed by atoms with Crippen LogP contribution in [0, 0.1) is 0 Å². The lowest BCUT2D eigenvalue weighted by molar-refractivity contribution is -0.132. The van der Waals surface area contributed by atoms with E-state index in [1.165, 1.54) is 10.5 Å². The van der Waals surface area contributed by atoms with Crippen molar-refractivity contribution in [3.8, 4) is 5.75 Å². The zero-order chi connectivity index (χ0) is 18.2. The molecule has 26 heavy (non-hydrogen) atoms. The molecule has 1 amide bonds. The van der Waals surface area contributed by atoms with E-state index in [4.69, 9.17) is 4.74 Å². The molecule has 138 valence electrons. The Kier molecular flexibility index (Phi) is 6.97. The Hall–Kier alpha value is -1.98. The maximum absolute atomic E-state index is 12.2. The van der Waals surface area contributed by atoms with E-state index >= 15 is 0 Å². The van der Waals surface area contributed by atoms with Gasteiger partial charge in [-0.2, -0.15) is 0 Å². The second kappa shape index (κ2) is 9.64. The molecular weight excluding hydrogens is 344 g/mol. The Morgan fingerprint density at radius 3 is 2.54 bits per heavy atom. The molecule has 0 aliphatic carbocycles. The van der Waals surface area contributed by atoms with Gasteiger partial charge in [-0.25, -0.2) is 0 Å². The fraction of sp³-hybridized carbons (Fsp3) is 0.381. The highest BCUT2D eigenvalue weighted by atomic mass is 32.2. The number of benzene rings is 2. The summed E-state index contributed by atoms with van der Waals surface area (Å²) in [6, 6.07) is 16.5. The Labute approximate surface area is 159 Å². The molecule has 1 saturated heterocycles. The van der Waals surface area contributed by atoms with Crippen LogP contribution in [0.25, 0.3) is 0 Å². The Bertz CT molecular complexity index is 712. The van der Waals surface area contributed by atoms with Crippen LogP contribution in [0.1, 0.15) is 24.0 Å². The van der Waals surface area contributed by atoms with E-state index in [0.29, 0.717) is 6.54 Å². The molecule has 2 aromatic rings. The van der Waals surface area contributed by atoms with Gasteiger partial charge in [-0.3, -0.25) is 4.79 Å². The van der Waals surface area contributed by atoms with E-state index in [0.717, 1.165) is 43.8 Å². The van der Waals surface area contributed by atoms with Gasteiger partial charge in [0.1, 0.15) is 5.75 Å². The van der Waals surface area contributed by atoms with Gasteiger partial charge in [0.15, 0.2) is 6.61 Å². The Morgan fingerprint density at radius 2 is 1.81 bits per heavy atom. The van der Waals surface area contributed by atoms with E-state index in [9.17, 15) is 4.79 Å². The van der Waals surface area contributed by atoms with Crippen LogP contribution >= 0.6 is 11.8 Å². The van der Waals surface area contributed by atoms with E-state index < -0.39 is 0 Å². The molecule has 2 aromatic carbocycles. The SMILES string of the molecule is CSc1ccc(CNCc2ccccc2OCC(=O)N2CCCC2)cc1. The molecule has 4 nitrogen and oxygen atoms in total. The molecule has 5 heteroatoms. The van der Waals surface area contributed by atoms with Crippen molar-refractivity contribution < 1.29 is 9.53 Å². The van der Waals surface area contributed by atoms with Crippen LogP contribution in [-0.2, 0) is 17.9 Å². The number of likely N-dealkylation sites (tertiary alicyclic amines) is 1. The van der Waals surface area contributed by atoms with Crippen molar-refractivity contribution in [2.75, 3.05) is 26.0 Å². The lowest BCUT2D eigenvalue weighted by Gasteiger charge is -2.17. The molecule has 1 heterocycles. The molecule has 0 bridgehead atoms. The number of amides is 1. The molecule has 0 saturated carbocycles.